The first kappa shape index (κ1) is 14.4. The molecule has 108 valence electrons. The lowest BCUT2D eigenvalue weighted by Gasteiger charge is -2.26. The summed E-state index contributed by atoms with van der Waals surface area (Å²) in [6.07, 6.45) is 4.63. The molecule has 0 radical (unpaired) electrons. The third-order valence-corrected chi connectivity index (χ3v) is 4.20. The molecule has 0 spiro atoms. The molecule has 1 aliphatic rings. The highest BCUT2D eigenvalue weighted by molar-refractivity contribution is 5.98. The van der Waals surface area contributed by atoms with Crippen molar-refractivity contribution in [2.75, 3.05) is 5.32 Å². The van der Waals surface area contributed by atoms with E-state index in [0.29, 0.717) is 5.69 Å². The van der Waals surface area contributed by atoms with Gasteiger partial charge >= 0.3 is 5.97 Å². The topological polar surface area (TPSA) is 86.6 Å². The molecule has 0 aliphatic heterocycles. The van der Waals surface area contributed by atoms with Gasteiger partial charge in [0.2, 0.25) is 5.91 Å². The Morgan fingerprint density at radius 3 is 2.50 bits per heavy atom. The van der Waals surface area contributed by atoms with Gasteiger partial charge in [0.1, 0.15) is 11.3 Å². The molecule has 0 saturated heterocycles. The predicted octanol–water partition coefficient (Wildman–Crippen LogP) is 3.00. The largest absolute Gasteiger partial charge is 0.507 e. The number of hydrogen-bond acceptors (Lipinski definition) is 3. The third kappa shape index (κ3) is 2.61. The van der Waals surface area contributed by atoms with E-state index in [4.69, 9.17) is 5.11 Å². The van der Waals surface area contributed by atoms with Crippen LogP contribution in [0.4, 0.5) is 5.69 Å². The maximum absolute atomic E-state index is 12.4. The molecule has 1 aliphatic carbocycles. The molecule has 5 nitrogen and oxygen atoms in total. The SMILES string of the molecule is CCC1(C(=O)Nc2ccc(O)c(C(=O)O)c2)CCCC1. The number of carbonyl (C=O) groups is 2. The van der Waals surface area contributed by atoms with Gasteiger partial charge in [0.05, 0.1) is 0 Å². The number of nitrogens with one attached hydrogen (secondary N) is 1. The molecule has 1 aromatic carbocycles. The highest BCUT2D eigenvalue weighted by atomic mass is 16.4. The Bertz CT molecular complexity index is 533. The Labute approximate surface area is 117 Å². The smallest absolute Gasteiger partial charge is 0.339 e. The molecule has 0 bridgehead atoms. The van der Waals surface area contributed by atoms with Gasteiger partial charge in [-0.1, -0.05) is 19.8 Å². The lowest BCUT2D eigenvalue weighted by Crippen LogP contribution is -2.33. The van der Waals surface area contributed by atoms with E-state index in [1.54, 1.807) is 0 Å². The lowest BCUT2D eigenvalue weighted by molar-refractivity contribution is -0.125. The molecule has 20 heavy (non-hydrogen) atoms. The number of benzene rings is 1. The number of carboxylic acid groups (broad SMARTS) is 1. The van der Waals surface area contributed by atoms with Crippen molar-refractivity contribution < 1.29 is 19.8 Å². The van der Waals surface area contributed by atoms with Gasteiger partial charge in [0.15, 0.2) is 0 Å². The average molecular weight is 277 g/mol. The monoisotopic (exact) mass is 277 g/mol. The lowest BCUT2D eigenvalue weighted by atomic mass is 9.82. The summed E-state index contributed by atoms with van der Waals surface area (Å²) in [6.45, 7) is 2.00. The quantitative estimate of drug-likeness (QED) is 0.738. The molecule has 1 amide bonds. The van der Waals surface area contributed by atoms with Crippen LogP contribution in [0.25, 0.3) is 0 Å². The van der Waals surface area contributed by atoms with Crippen LogP contribution in [0, 0.1) is 5.41 Å². The van der Waals surface area contributed by atoms with E-state index >= 15 is 0 Å². The fourth-order valence-electron chi connectivity index (χ4n) is 2.84. The van der Waals surface area contributed by atoms with Crippen molar-refractivity contribution >= 4 is 17.6 Å². The highest BCUT2D eigenvalue weighted by Gasteiger charge is 2.39. The van der Waals surface area contributed by atoms with E-state index in [1.807, 2.05) is 6.92 Å². The Morgan fingerprint density at radius 1 is 1.30 bits per heavy atom. The van der Waals surface area contributed by atoms with Gasteiger partial charge in [0, 0.05) is 11.1 Å². The first-order valence-corrected chi connectivity index (χ1v) is 6.86. The van der Waals surface area contributed by atoms with Gasteiger partial charge in [-0.25, -0.2) is 4.79 Å². The molecule has 3 N–H and O–H groups in total. The van der Waals surface area contributed by atoms with Crippen LogP contribution in [0.2, 0.25) is 0 Å². The van der Waals surface area contributed by atoms with E-state index in [1.165, 1.54) is 18.2 Å². The van der Waals surface area contributed by atoms with Crippen molar-refractivity contribution in [3.05, 3.63) is 23.8 Å². The molecule has 1 fully saturated rings. The summed E-state index contributed by atoms with van der Waals surface area (Å²) in [5.41, 5.74) is -0.133. The van der Waals surface area contributed by atoms with Gasteiger partial charge in [-0.05, 0) is 37.5 Å². The molecule has 1 aromatic rings. The van der Waals surface area contributed by atoms with Crippen molar-refractivity contribution in [1.82, 2.24) is 0 Å². The van der Waals surface area contributed by atoms with Crippen molar-refractivity contribution in [2.45, 2.75) is 39.0 Å². The van der Waals surface area contributed by atoms with Crippen LogP contribution >= 0.6 is 0 Å². The molecule has 0 aromatic heterocycles. The Hall–Kier alpha value is -2.04. The summed E-state index contributed by atoms with van der Waals surface area (Å²) >= 11 is 0. The molecule has 5 heteroatoms. The standard InChI is InChI=1S/C15H19NO4/c1-2-15(7-3-4-8-15)14(20)16-10-5-6-12(17)11(9-10)13(18)19/h5-6,9,17H,2-4,7-8H2,1H3,(H,16,20)(H,18,19). The van der Waals surface area contributed by atoms with Crippen LogP contribution in [0.1, 0.15) is 49.4 Å². The molecular weight excluding hydrogens is 258 g/mol. The maximum Gasteiger partial charge on any atom is 0.339 e. The first-order valence-electron chi connectivity index (χ1n) is 6.86. The molecule has 2 rings (SSSR count). The number of amides is 1. The number of carbonyl (C=O) groups excluding carboxylic acids is 1. The first-order chi connectivity index (χ1) is 9.48. The summed E-state index contributed by atoms with van der Waals surface area (Å²) < 4.78 is 0. The zero-order chi connectivity index (χ0) is 14.8. The molecular formula is C15H19NO4. The number of aromatic carboxylic acids is 1. The van der Waals surface area contributed by atoms with Crippen LogP contribution < -0.4 is 5.32 Å². The minimum absolute atomic E-state index is 0.0560. The zero-order valence-corrected chi connectivity index (χ0v) is 11.5. The summed E-state index contributed by atoms with van der Waals surface area (Å²) in [5, 5.41) is 21.2. The predicted molar refractivity (Wildman–Crippen MR) is 74.9 cm³/mol. The van der Waals surface area contributed by atoms with Crippen LogP contribution in [0.3, 0.4) is 0 Å². The van der Waals surface area contributed by atoms with E-state index in [2.05, 4.69) is 5.32 Å². The Morgan fingerprint density at radius 2 is 1.95 bits per heavy atom. The van der Waals surface area contributed by atoms with Crippen LogP contribution in [0.15, 0.2) is 18.2 Å². The van der Waals surface area contributed by atoms with E-state index in [0.717, 1.165) is 32.1 Å². The second kappa shape index (κ2) is 5.53. The van der Waals surface area contributed by atoms with E-state index in [9.17, 15) is 14.7 Å². The van der Waals surface area contributed by atoms with E-state index < -0.39 is 5.97 Å². The molecule has 0 atom stereocenters. The second-order valence-corrected chi connectivity index (χ2v) is 5.33. The van der Waals surface area contributed by atoms with Crippen molar-refractivity contribution in [3.63, 3.8) is 0 Å². The summed E-state index contributed by atoms with van der Waals surface area (Å²) in [6, 6.07) is 4.08. The minimum atomic E-state index is -1.22. The van der Waals surface area contributed by atoms with Crippen LogP contribution in [-0.4, -0.2) is 22.1 Å². The van der Waals surface area contributed by atoms with Gasteiger partial charge in [0.25, 0.3) is 0 Å². The van der Waals surface area contributed by atoms with Gasteiger partial charge in [-0.2, -0.15) is 0 Å². The van der Waals surface area contributed by atoms with Gasteiger partial charge in [-0.15, -0.1) is 0 Å². The summed E-state index contributed by atoms with van der Waals surface area (Å²) in [4.78, 5) is 23.4. The number of hydrogen-bond donors (Lipinski definition) is 3. The van der Waals surface area contributed by atoms with Crippen LogP contribution in [-0.2, 0) is 4.79 Å². The number of carboxylic acids is 1. The van der Waals surface area contributed by atoms with Gasteiger partial charge in [-0.3, -0.25) is 4.79 Å². The number of phenols is 1. The molecule has 1 saturated carbocycles. The van der Waals surface area contributed by atoms with E-state index in [-0.39, 0.29) is 22.6 Å². The Kier molecular flexibility index (Phi) is 3.97. The second-order valence-electron chi connectivity index (χ2n) is 5.33. The minimum Gasteiger partial charge on any atom is -0.507 e. The van der Waals surface area contributed by atoms with Crippen molar-refractivity contribution in [2.24, 2.45) is 5.41 Å². The number of rotatable bonds is 4. The van der Waals surface area contributed by atoms with Crippen molar-refractivity contribution in [3.8, 4) is 5.75 Å². The summed E-state index contributed by atoms with van der Waals surface area (Å²) in [5.74, 6) is -1.58. The third-order valence-electron chi connectivity index (χ3n) is 4.20. The number of aromatic hydroxyl groups is 1. The molecule has 0 unspecified atom stereocenters. The van der Waals surface area contributed by atoms with Crippen molar-refractivity contribution in [1.29, 1.82) is 0 Å². The normalized spacial score (nSPS) is 16.9. The number of anilines is 1. The fourth-order valence-corrected chi connectivity index (χ4v) is 2.84. The fraction of sp³-hybridized carbons (Fsp3) is 0.467. The summed E-state index contributed by atoms with van der Waals surface area (Å²) in [7, 11) is 0. The Balaban J connectivity index is 2.19. The van der Waals surface area contributed by atoms with Gasteiger partial charge < -0.3 is 15.5 Å². The van der Waals surface area contributed by atoms with Crippen LogP contribution in [0.5, 0.6) is 5.75 Å². The molecule has 0 heterocycles. The zero-order valence-electron chi connectivity index (χ0n) is 11.5. The average Bonchev–Trinajstić information content (AvgIpc) is 2.90. The highest BCUT2D eigenvalue weighted by Crippen LogP contribution is 2.41. The maximum atomic E-state index is 12.4.